The van der Waals surface area contributed by atoms with Gasteiger partial charge in [-0.1, -0.05) is 11.3 Å². The van der Waals surface area contributed by atoms with Gasteiger partial charge in [0.2, 0.25) is 5.95 Å². The zero-order valence-corrected chi connectivity index (χ0v) is 11.4. The maximum Gasteiger partial charge on any atom is 0.433 e. The molecule has 2 rings (SSSR count). The molecule has 0 unspecified atom stereocenters. The van der Waals surface area contributed by atoms with Crippen molar-refractivity contribution in [3.63, 3.8) is 0 Å². The van der Waals surface area contributed by atoms with E-state index in [1.165, 1.54) is 18.4 Å². The van der Waals surface area contributed by atoms with Crippen LogP contribution in [0.15, 0.2) is 15.4 Å². The summed E-state index contributed by atoms with van der Waals surface area (Å²) in [4.78, 5) is 7.33. The van der Waals surface area contributed by atoms with E-state index in [2.05, 4.69) is 25.5 Å². The third kappa shape index (κ3) is 3.53. The molecule has 0 saturated carbocycles. The molecule has 19 heavy (non-hydrogen) atoms. The number of nitrogens with zero attached hydrogens (tertiary/aromatic N) is 4. The number of nitrogens with one attached hydrogen (secondary N) is 1. The Morgan fingerprint density at radius 3 is 2.53 bits per heavy atom. The van der Waals surface area contributed by atoms with Gasteiger partial charge in [-0.15, -0.1) is 10.2 Å². The minimum Gasteiger partial charge on any atom is -0.357 e. The number of aryl methyl sites for hydroxylation is 1. The third-order valence-corrected chi connectivity index (χ3v) is 3.72. The first kappa shape index (κ1) is 14.0. The largest absolute Gasteiger partial charge is 0.433 e. The summed E-state index contributed by atoms with van der Waals surface area (Å²) in [6, 6.07) is 0.891. The summed E-state index contributed by atoms with van der Waals surface area (Å²) < 4.78 is 38.6. The maximum atomic E-state index is 12.7. The minimum absolute atomic E-state index is 0.0847. The second-order valence-corrected chi connectivity index (χ2v) is 5.80. The Morgan fingerprint density at radius 1 is 1.26 bits per heavy atom. The van der Waals surface area contributed by atoms with Gasteiger partial charge in [-0.3, -0.25) is 0 Å². The van der Waals surface area contributed by atoms with Crippen molar-refractivity contribution in [2.24, 2.45) is 0 Å². The molecule has 0 aromatic carbocycles. The zero-order valence-electron chi connectivity index (χ0n) is 9.82. The van der Waals surface area contributed by atoms with E-state index in [-0.39, 0.29) is 11.0 Å². The van der Waals surface area contributed by atoms with E-state index in [1.54, 1.807) is 6.92 Å². The van der Waals surface area contributed by atoms with Gasteiger partial charge >= 0.3 is 6.18 Å². The van der Waals surface area contributed by atoms with Gasteiger partial charge in [0.1, 0.15) is 10.0 Å². The van der Waals surface area contributed by atoms with Gasteiger partial charge < -0.3 is 5.32 Å². The van der Waals surface area contributed by atoms with Gasteiger partial charge in [-0.25, -0.2) is 9.97 Å². The molecule has 5 nitrogen and oxygen atoms in total. The van der Waals surface area contributed by atoms with Crippen LogP contribution in [0.2, 0.25) is 0 Å². The standard InChI is InChI=1S/C9H8F3N5S2/c1-4-16-17-8(18-4)19-6-3-5(9(10,11)12)14-7(13-2)15-6/h3H,1-2H3,(H,13,14,15). The van der Waals surface area contributed by atoms with Crippen molar-refractivity contribution >= 4 is 29.0 Å². The first-order chi connectivity index (χ1) is 8.88. The molecule has 0 aliphatic carbocycles. The van der Waals surface area contributed by atoms with Crippen LogP contribution in [0, 0.1) is 6.92 Å². The van der Waals surface area contributed by atoms with Crippen molar-refractivity contribution in [2.75, 3.05) is 12.4 Å². The highest BCUT2D eigenvalue weighted by atomic mass is 32.2. The molecule has 0 bridgehead atoms. The van der Waals surface area contributed by atoms with Crippen molar-refractivity contribution in [3.05, 3.63) is 16.8 Å². The molecular weight excluding hydrogens is 299 g/mol. The monoisotopic (exact) mass is 307 g/mol. The van der Waals surface area contributed by atoms with E-state index in [0.29, 0.717) is 4.34 Å². The molecule has 0 amide bonds. The van der Waals surface area contributed by atoms with Crippen molar-refractivity contribution in [2.45, 2.75) is 22.5 Å². The lowest BCUT2D eigenvalue weighted by molar-refractivity contribution is -0.141. The fraction of sp³-hybridized carbons (Fsp3) is 0.333. The van der Waals surface area contributed by atoms with Gasteiger partial charge in [0, 0.05) is 13.1 Å². The fourth-order valence-electron chi connectivity index (χ4n) is 1.14. The first-order valence-corrected chi connectivity index (χ1v) is 6.64. The molecule has 0 fully saturated rings. The van der Waals surface area contributed by atoms with Crippen molar-refractivity contribution in [3.8, 4) is 0 Å². The summed E-state index contributed by atoms with van der Waals surface area (Å²) in [6.45, 7) is 1.77. The van der Waals surface area contributed by atoms with E-state index < -0.39 is 11.9 Å². The molecule has 0 aliphatic rings. The molecule has 0 spiro atoms. The number of anilines is 1. The number of rotatable bonds is 3. The normalized spacial score (nSPS) is 11.6. The summed E-state index contributed by atoms with van der Waals surface area (Å²) in [5, 5.41) is 11.0. The van der Waals surface area contributed by atoms with Gasteiger partial charge in [0.25, 0.3) is 0 Å². The second-order valence-electron chi connectivity index (χ2n) is 3.35. The molecule has 0 aliphatic heterocycles. The number of hydrogen-bond acceptors (Lipinski definition) is 7. The van der Waals surface area contributed by atoms with Crippen LogP contribution in [0.1, 0.15) is 10.7 Å². The Labute approximate surface area is 114 Å². The highest BCUT2D eigenvalue weighted by molar-refractivity contribution is 8.01. The summed E-state index contributed by atoms with van der Waals surface area (Å²) in [7, 11) is 1.46. The number of aromatic nitrogens is 4. The smallest absolute Gasteiger partial charge is 0.357 e. The van der Waals surface area contributed by atoms with Crippen LogP contribution in [0.25, 0.3) is 0 Å². The SMILES string of the molecule is CNc1nc(Sc2nnc(C)s2)cc(C(F)(F)F)n1. The van der Waals surface area contributed by atoms with Crippen LogP contribution in [0.5, 0.6) is 0 Å². The van der Waals surface area contributed by atoms with Gasteiger partial charge in [0.05, 0.1) is 0 Å². The molecule has 10 heteroatoms. The van der Waals surface area contributed by atoms with Crippen LogP contribution in [0.3, 0.4) is 0 Å². The quantitative estimate of drug-likeness (QED) is 0.880. The van der Waals surface area contributed by atoms with Gasteiger partial charge in [0.15, 0.2) is 10.0 Å². The minimum atomic E-state index is -4.51. The van der Waals surface area contributed by atoms with Gasteiger partial charge in [-0.2, -0.15) is 13.2 Å². The summed E-state index contributed by atoms with van der Waals surface area (Å²) >= 11 is 2.31. The van der Waals surface area contributed by atoms with E-state index in [0.717, 1.165) is 22.8 Å². The molecule has 0 saturated heterocycles. The summed E-state index contributed by atoms with van der Waals surface area (Å²) in [5.74, 6) is -0.0847. The van der Waals surface area contributed by atoms with Crippen molar-refractivity contribution < 1.29 is 13.2 Å². The lowest BCUT2D eigenvalue weighted by Gasteiger charge is -2.08. The molecule has 0 radical (unpaired) electrons. The Hall–Kier alpha value is -1.42. The average molecular weight is 307 g/mol. The fourth-order valence-corrected chi connectivity index (χ4v) is 2.91. The highest BCUT2D eigenvalue weighted by Crippen LogP contribution is 2.34. The second kappa shape index (κ2) is 5.29. The molecule has 2 heterocycles. The predicted molar refractivity (Wildman–Crippen MR) is 65.3 cm³/mol. The van der Waals surface area contributed by atoms with Crippen molar-refractivity contribution in [1.29, 1.82) is 0 Å². The number of alkyl halides is 3. The Bertz CT molecular complexity index is 583. The molecule has 0 atom stereocenters. The average Bonchev–Trinajstić information content (AvgIpc) is 2.73. The molecule has 2 aromatic rings. The van der Waals surface area contributed by atoms with Crippen LogP contribution in [-0.4, -0.2) is 27.2 Å². The maximum absolute atomic E-state index is 12.7. The predicted octanol–water partition coefficient (Wildman–Crippen LogP) is 2.85. The van der Waals surface area contributed by atoms with Crippen LogP contribution in [0.4, 0.5) is 19.1 Å². The third-order valence-electron chi connectivity index (χ3n) is 1.92. The Morgan fingerprint density at radius 2 is 2.00 bits per heavy atom. The Kier molecular flexibility index (Phi) is 3.90. The number of halogens is 3. The molecule has 1 N–H and O–H groups in total. The van der Waals surface area contributed by atoms with E-state index in [1.807, 2.05) is 0 Å². The molecular formula is C9H8F3N5S2. The molecule has 102 valence electrons. The number of hydrogen-bond donors (Lipinski definition) is 1. The van der Waals surface area contributed by atoms with Crippen molar-refractivity contribution in [1.82, 2.24) is 20.2 Å². The van der Waals surface area contributed by atoms with Gasteiger partial charge in [-0.05, 0) is 18.7 Å². The van der Waals surface area contributed by atoms with E-state index in [4.69, 9.17) is 0 Å². The lowest BCUT2D eigenvalue weighted by atomic mass is 10.4. The first-order valence-electron chi connectivity index (χ1n) is 5.00. The summed E-state index contributed by atoms with van der Waals surface area (Å²) in [6.07, 6.45) is -4.51. The zero-order chi connectivity index (χ0) is 14.0. The topological polar surface area (TPSA) is 63.6 Å². The Balaban J connectivity index is 2.34. The lowest BCUT2D eigenvalue weighted by Crippen LogP contribution is -2.11. The van der Waals surface area contributed by atoms with Crippen LogP contribution in [-0.2, 0) is 6.18 Å². The van der Waals surface area contributed by atoms with Crippen LogP contribution < -0.4 is 5.32 Å². The highest BCUT2D eigenvalue weighted by Gasteiger charge is 2.33. The van der Waals surface area contributed by atoms with E-state index in [9.17, 15) is 13.2 Å². The summed E-state index contributed by atoms with van der Waals surface area (Å²) in [5.41, 5.74) is -0.990. The molecule has 2 aromatic heterocycles. The van der Waals surface area contributed by atoms with E-state index >= 15 is 0 Å². The van der Waals surface area contributed by atoms with Crippen LogP contribution >= 0.6 is 23.1 Å².